The predicted octanol–water partition coefficient (Wildman–Crippen LogP) is 2.56. The average Bonchev–Trinajstić information content (AvgIpc) is 3.11. The summed E-state index contributed by atoms with van der Waals surface area (Å²) < 4.78 is 0. The smallest absolute Gasteiger partial charge is 0.322 e. The largest absolute Gasteiger partial charge is 0.480 e. The highest BCUT2D eigenvalue weighted by molar-refractivity contribution is 5.81. The number of aliphatic hydroxyl groups excluding tert-OH is 3. The molecule has 188 valence electrons. The number of aliphatic carboxylic acids is 1. The number of carbonyl (C=O) groups is 2. The van der Waals surface area contributed by atoms with E-state index in [1.54, 1.807) is 0 Å². The Morgan fingerprint density at radius 3 is 2.45 bits per heavy atom. The van der Waals surface area contributed by atoms with E-state index in [1.807, 2.05) is 0 Å². The van der Waals surface area contributed by atoms with Gasteiger partial charge in [0.2, 0.25) is 5.91 Å². The van der Waals surface area contributed by atoms with Crippen LogP contribution in [0.25, 0.3) is 0 Å². The quantitative estimate of drug-likeness (QED) is 0.410. The van der Waals surface area contributed by atoms with Crippen LogP contribution in [0.2, 0.25) is 0 Å². The fourth-order valence-corrected chi connectivity index (χ4v) is 8.95. The summed E-state index contributed by atoms with van der Waals surface area (Å²) in [6, 6.07) is 0. The summed E-state index contributed by atoms with van der Waals surface area (Å²) in [5.74, 6) is 0.265. The normalized spacial score (nSPS) is 47.7. The van der Waals surface area contributed by atoms with E-state index >= 15 is 0 Å². The molecule has 0 aromatic carbocycles. The predicted molar refractivity (Wildman–Crippen MR) is 123 cm³/mol. The van der Waals surface area contributed by atoms with Gasteiger partial charge in [-0.05, 0) is 97.7 Å². The average molecular weight is 466 g/mol. The Bertz CT molecular complexity index is 759. The minimum Gasteiger partial charge on any atom is -0.480 e. The number of rotatable bonds is 6. The van der Waals surface area contributed by atoms with Gasteiger partial charge in [-0.1, -0.05) is 20.8 Å². The van der Waals surface area contributed by atoms with Crippen molar-refractivity contribution in [2.45, 2.75) is 96.9 Å². The molecule has 0 bridgehead atoms. The lowest BCUT2D eigenvalue weighted by Gasteiger charge is -2.63. The molecule has 5 N–H and O–H groups in total. The number of nitrogens with one attached hydrogen (secondary N) is 1. The van der Waals surface area contributed by atoms with E-state index in [0.29, 0.717) is 25.2 Å². The molecule has 0 saturated heterocycles. The van der Waals surface area contributed by atoms with E-state index in [4.69, 9.17) is 5.11 Å². The molecule has 7 heteroatoms. The van der Waals surface area contributed by atoms with Gasteiger partial charge in [-0.2, -0.15) is 0 Å². The molecular formula is C26H43NO6. The van der Waals surface area contributed by atoms with Crippen LogP contribution in [0.3, 0.4) is 0 Å². The summed E-state index contributed by atoms with van der Waals surface area (Å²) in [7, 11) is 0. The van der Waals surface area contributed by atoms with E-state index < -0.39 is 12.1 Å². The third kappa shape index (κ3) is 4.23. The first-order valence-corrected chi connectivity index (χ1v) is 13.0. The molecule has 11 atom stereocenters. The van der Waals surface area contributed by atoms with E-state index in [2.05, 4.69) is 26.1 Å². The molecule has 33 heavy (non-hydrogen) atoms. The Labute approximate surface area is 197 Å². The molecular weight excluding hydrogens is 422 g/mol. The highest BCUT2D eigenvalue weighted by Crippen LogP contribution is 2.68. The lowest BCUT2D eigenvalue weighted by atomic mass is 9.43. The highest BCUT2D eigenvalue weighted by atomic mass is 16.4. The molecule has 0 aromatic heterocycles. The van der Waals surface area contributed by atoms with Gasteiger partial charge in [0.25, 0.3) is 0 Å². The molecule has 10 unspecified atom stereocenters. The summed E-state index contributed by atoms with van der Waals surface area (Å²) in [6.07, 6.45) is 5.86. The molecule has 4 aliphatic rings. The Kier molecular flexibility index (Phi) is 6.89. The molecule has 0 aromatic rings. The summed E-state index contributed by atoms with van der Waals surface area (Å²) >= 11 is 0. The second-order valence-corrected chi connectivity index (χ2v) is 12.2. The molecule has 0 heterocycles. The Hall–Kier alpha value is -1.18. The van der Waals surface area contributed by atoms with Crippen molar-refractivity contribution >= 4 is 11.9 Å². The first-order valence-electron chi connectivity index (χ1n) is 13.0. The van der Waals surface area contributed by atoms with Crippen LogP contribution in [0.4, 0.5) is 0 Å². The molecule has 0 aliphatic heterocycles. The lowest BCUT2D eigenvalue weighted by Crippen LogP contribution is -2.62. The van der Waals surface area contributed by atoms with Crippen LogP contribution in [-0.2, 0) is 9.59 Å². The van der Waals surface area contributed by atoms with Crippen molar-refractivity contribution in [3.63, 3.8) is 0 Å². The van der Waals surface area contributed by atoms with Crippen molar-refractivity contribution in [3.05, 3.63) is 0 Å². The molecule has 0 spiro atoms. The summed E-state index contributed by atoms with van der Waals surface area (Å²) in [5, 5.41) is 44.4. The van der Waals surface area contributed by atoms with Gasteiger partial charge in [0, 0.05) is 6.42 Å². The molecule has 7 nitrogen and oxygen atoms in total. The number of hydrogen-bond acceptors (Lipinski definition) is 5. The van der Waals surface area contributed by atoms with E-state index in [1.165, 1.54) is 0 Å². The second-order valence-electron chi connectivity index (χ2n) is 12.2. The van der Waals surface area contributed by atoms with Gasteiger partial charge in [-0.25, -0.2) is 0 Å². The minimum atomic E-state index is -1.04. The zero-order chi connectivity index (χ0) is 24.1. The number of hydrogen-bond donors (Lipinski definition) is 5. The Morgan fingerprint density at radius 1 is 1.03 bits per heavy atom. The summed E-state index contributed by atoms with van der Waals surface area (Å²) in [6.45, 7) is 6.35. The van der Waals surface area contributed by atoms with Gasteiger partial charge < -0.3 is 25.7 Å². The summed E-state index contributed by atoms with van der Waals surface area (Å²) in [5.41, 5.74) is -0.214. The fraction of sp³-hybridized carbons (Fsp3) is 0.923. The first kappa shape index (κ1) is 24.9. The van der Waals surface area contributed by atoms with Crippen LogP contribution in [0, 0.1) is 46.3 Å². The van der Waals surface area contributed by atoms with Crippen LogP contribution in [0.5, 0.6) is 0 Å². The van der Waals surface area contributed by atoms with Crippen LogP contribution in [0.15, 0.2) is 0 Å². The zero-order valence-corrected chi connectivity index (χ0v) is 20.4. The van der Waals surface area contributed by atoms with Gasteiger partial charge in [0.1, 0.15) is 6.54 Å². The van der Waals surface area contributed by atoms with Gasteiger partial charge in [-0.3, -0.25) is 9.59 Å². The molecule has 1 amide bonds. The number of carboxylic acid groups (broad SMARTS) is 1. The van der Waals surface area contributed by atoms with E-state index in [0.717, 1.165) is 38.5 Å². The van der Waals surface area contributed by atoms with E-state index in [-0.39, 0.29) is 65.1 Å². The zero-order valence-electron chi connectivity index (χ0n) is 20.4. The van der Waals surface area contributed by atoms with Gasteiger partial charge in [-0.15, -0.1) is 0 Å². The van der Waals surface area contributed by atoms with Crippen molar-refractivity contribution in [1.29, 1.82) is 0 Å². The number of aliphatic hydroxyl groups is 3. The van der Waals surface area contributed by atoms with Crippen molar-refractivity contribution in [3.8, 4) is 0 Å². The van der Waals surface area contributed by atoms with Crippen molar-refractivity contribution in [1.82, 2.24) is 5.32 Å². The maximum absolute atomic E-state index is 12.0. The highest BCUT2D eigenvalue weighted by Gasteiger charge is 2.65. The maximum atomic E-state index is 12.0. The fourth-order valence-electron chi connectivity index (χ4n) is 8.95. The SMILES string of the molecule is C[C@@H](CCC(=O)NCC(=O)O)C1CCC2C3C(O)CC4CC(O)CCC4(C)C3CC(O)C21C. The molecule has 4 rings (SSSR count). The lowest BCUT2D eigenvalue weighted by molar-refractivity contribution is -0.207. The minimum absolute atomic E-state index is 0.0668. The van der Waals surface area contributed by atoms with Crippen LogP contribution < -0.4 is 5.32 Å². The van der Waals surface area contributed by atoms with Crippen LogP contribution >= 0.6 is 0 Å². The van der Waals surface area contributed by atoms with Crippen LogP contribution in [0.1, 0.15) is 78.6 Å². The maximum Gasteiger partial charge on any atom is 0.322 e. The molecule has 4 saturated carbocycles. The second kappa shape index (κ2) is 9.12. The van der Waals surface area contributed by atoms with Crippen LogP contribution in [-0.4, -0.2) is 57.2 Å². The van der Waals surface area contributed by atoms with Gasteiger partial charge in [0.15, 0.2) is 0 Å². The Balaban J connectivity index is 1.49. The third-order valence-corrected chi connectivity index (χ3v) is 10.8. The molecule has 0 radical (unpaired) electrons. The number of amides is 1. The van der Waals surface area contributed by atoms with Crippen molar-refractivity contribution in [2.24, 2.45) is 46.3 Å². The van der Waals surface area contributed by atoms with Crippen molar-refractivity contribution < 1.29 is 30.0 Å². The first-order chi connectivity index (χ1) is 15.5. The molecule has 4 aliphatic carbocycles. The third-order valence-electron chi connectivity index (χ3n) is 10.8. The molecule has 4 fully saturated rings. The van der Waals surface area contributed by atoms with Gasteiger partial charge >= 0.3 is 5.97 Å². The number of carboxylic acids is 1. The Morgan fingerprint density at radius 2 is 1.76 bits per heavy atom. The summed E-state index contributed by atoms with van der Waals surface area (Å²) in [4.78, 5) is 22.7. The number of carbonyl (C=O) groups excluding carboxylic acids is 1. The number of fused-ring (bicyclic) bond motifs is 5. The monoisotopic (exact) mass is 465 g/mol. The topological polar surface area (TPSA) is 127 Å². The van der Waals surface area contributed by atoms with Gasteiger partial charge in [0.05, 0.1) is 18.3 Å². The van der Waals surface area contributed by atoms with E-state index in [9.17, 15) is 24.9 Å². The van der Waals surface area contributed by atoms with Crippen molar-refractivity contribution in [2.75, 3.05) is 6.54 Å². The standard InChI is InChI=1S/C26H43NO6/c1-14(4-7-22(31)27-13-23(32)33)17-5-6-18-24-19(12-21(30)26(17,18)3)25(2)9-8-16(28)10-15(25)11-20(24)29/h14-21,24,28-30H,4-13H2,1-3H3,(H,27,31)(H,32,33)/t14-,15?,16?,17?,18?,19?,20?,21?,24?,25?,26?/m0/s1.